The Morgan fingerprint density at radius 2 is 1.74 bits per heavy atom. The number of nitrogens with one attached hydrogen (secondary N) is 1. The number of hydrogen-bond acceptors (Lipinski definition) is 4. The minimum absolute atomic E-state index is 0.123. The topological polar surface area (TPSA) is 48.6 Å². The number of H-pyrrole nitrogens is 1. The van der Waals surface area contributed by atoms with E-state index in [-0.39, 0.29) is 11.8 Å². The molecule has 0 radical (unpaired) electrons. The van der Waals surface area contributed by atoms with Gasteiger partial charge in [-0.15, -0.1) is 0 Å². The number of ether oxygens (including phenoxy) is 1. The molecule has 0 spiro atoms. The van der Waals surface area contributed by atoms with Crippen molar-refractivity contribution in [3.63, 3.8) is 0 Å². The third-order valence-corrected chi connectivity index (χ3v) is 5.53. The number of benzene rings is 2. The van der Waals surface area contributed by atoms with E-state index in [1.54, 1.807) is 7.11 Å². The Balaban J connectivity index is 1.42. The summed E-state index contributed by atoms with van der Waals surface area (Å²) in [4.78, 5) is 20.9. The van der Waals surface area contributed by atoms with E-state index in [2.05, 4.69) is 26.9 Å². The highest BCUT2D eigenvalue weighted by Gasteiger charge is 2.27. The number of ketones is 1. The second kappa shape index (κ2) is 7.45. The summed E-state index contributed by atoms with van der Waals surface area (Å²) in [6, 6.07) is 16.0. The monoisotopic (exact) mass is 363 g/mol. The van der Waals surface area contributed by atoms with E-state index < -0.39 is 0 Å². The number of anilines is 1. The van der Waals surface area contributed by atoms with Crippen LogP contribution in [0.4, 0.5) is 5.69 Å². The second-order valence-corrected chi connectivity index (χ2v) is 7.01. The lowest BCUT2D eigenvalue weighted by Crippen LogP contribution is -2.51. The van der Waals surface area contributed by atoms with Gasteiger partial charge in [0.05, 0.1) is 13.2 Å². The van der Waals surface area contributed by atoms with Gasteiger partial charge >= 0.3 is 0 Å². The molecule has 1 aliphatic heterocycles. The molecule has 1 atom stereocenters. The maximum atomic E-state index is 13.1. The van der Waals surface area contributed by atoms with E-state index in [1.807, 2.05) is 49.5 Å². The third-order valence-electron chi connectivity index (χ3n) is 5.53. The molecular formula is C22H25N3O2. The van der Waals surface area contributed by atoms with Crippen molar-refractivity contribution >= 4 is 22.4 Å². The van der Waals surface area contributed by atoms with Gasteiger partial charge in [-0.05, 0) is 37.3 Å². The Morgan fingerprint density at radius 3 is 2.44 bits per heavy atom. The van der Waals surface area contributed by atoms with E-state index in [0.29, 0.717) is 0 Å². The summed E-state index contributed by atoms with van der Waals surface area (Å²) in [6.45, 7) is 5.60. The van der Waals surface area contributed by atoms with Gasteiger partial charge in [-0.2, -0.15) is 0 Å². The van der Waals surface area contributed by atoms with E-state index in [0.717, 1.165) is 48.4 Å². The maximum Gasteiger partial charge on any atom is 0.181 e. The highest BCUT2D eigenvalue weighted by Crippen LogP contribution is 2.23. The molecule has 0 saturated carbocycles. The van der Waals surface area contributed by atoms with Gasteiger partial charge in [-0.3, -0.25) is 9.69 Å². The molecule has 2 aromatic carbocycles. The number of Topliss-reactive ketones (excluding diaryl/α,β-unsaturated/α-hetero) is 1. The molecule has 5 heteroatoms. The molecule has 1 saturated heterocycles. The molecule has 1 aliphatic rings. The maximum absolute atomic E-state index is 13.1. The molecule has 1 aromatic heterocycles. The number of methoxy groups -OCH3 is 1. The predicted molar refractivity (Wildman–Crippen MR) is 109 cm³/mol. The largest absolute Gasteiger partial charge is 0.497 e. The number of carbonyl (C=O) groups is 1. The van der Waals surface area contributed by atoms with Crippen LogP contribution in [0.25, 0.3) is 10.9 Å². The van der Waals surface area contributed by atoms with Crippen LogP contribution in [-0.2, 0) is 0 Å². The second-order valence-electron chi connectivity index (χ2n) is 7.01. The number of aromatic amines is 1. The van der Waals surface area contributed by atoms with Crippen molar-refractivity contribution in [3.05, 3.63) is 60.3 Å². The fourth-order valence-electron chi connectivity index (χ4n) is 3.83. The van der Waals surface area contributed by atoms with Gasteiger partial charge in [0, 0.05) is 54.5 Å². The van der Waals surface area contributed by atoms with Crippen molar-refractivity contribution in [2.24, 2.45) is 0 Å². The molecule has 27 heavy (non-hydrogen) atoms. The number of fused-ring (bicyclic) bond motifs is 1. The lowest BCUT2D eigenvalue weighted by Gasteiger charge is -2.38. The average molecular weight is 363 g/mol. The standard InChI is InChI=1S/C22H25N3O2/c1-16(22(26)20-15-23-21-6-4-3-5-19(20)21)24-11-13-25(14-12-24)17-7-9-18(27-2)10-8-17/h3-10,15-16,23H,11-14H2,1-2H3/t16-/m1/s1. The molecule has 4 rings (SSSR count). The van der Waals surface area contributed by atoms with Crippen molar-refractivity contribution in [1.82, 2.24) is 9.88 Å². The molecule has 0 aliphatic carbocycles. The number of hydrogen-bond donors (Lipinski definition) is 1. The van der Waals surface area contributed by atoms with Crippen LogP contribution in [0.1, 0.15) is 17.3 Å². The van der Waals surface area contributed by atoms with Gasteiger partial charge in [0.1, 0.15) is 5.75 Å². The van der Waals surface area contributed by atoms with Crippen LogP contribution in [-0.4, -0.2) is 55.0 Å². The summed E-state index contributed by atoms with van der Waals surface area (Å²) in [5.41, 5.74) is 3.00. The Kier molecular flexibility index (Phi) is 4.86. The molecule has 140 valence electrons. The van der Waals surface area contributed by atoms with Crippen LogP contribution in [0.5, 0.6) is 5.75 Å². The first-order valence-corrected chi connectivity index (χ1v) is 9.41. The summed E-state index contributed by atoms with van der Waals surface area (Å²) in [7, 11) is 1.68. The first kappa shape index (κ1) is 17.6. The van der Waals surface area contributed by atoms with Crippen molar-refractivity contribution in [2.45, 2.75) is 13.0 Å². The van der Waals surface area contributed by atoms with Gasteiger partial charge in [0.25, 0.3) is 0 Å². The fourth-order valence-corrected chi connectivity index (χ4v) is 3.83. The smallest absolute Gasteiger partial charge is 0.181 e. The molecule has 2 heterocycles. The van der Waals surface area contributed by atoms with Crippen LogP contribution in [0.2, 0.25) is 0 Å². The zero-order chi connectivity index (χ0) is 18.8. The van der Waals surface area contributed by atoms with Crippen LogP contribution in [0.15, 0.2) is 54.7 Å². The van der Waals surface area contributed by atoms with E-state index >= 15 is 0 Å². The number of rotatable bonds is 5. The molecule has 3 aromatic rings. The predicted octanol–water partition coefficient (Wildman–Crippen LogP) is 3.57. The third kappa shape index (κ3) is 3.43. The summed E-state index contributed by atoms with van der Waals surface area (Å²) in [6.07, 6.45) is 1.84. The first-order valence-electron chi connectivity index (χ1n) is 9.41. The fraction of sp³-hybridized carbons (Fsp3) is 0.318. The van der Waals surface area contributed by atoms with Gasteiger partial charge in [0.15, 0.2) is 5.78 Å². The zero-order valence-corrected chi connectivity index (χ0v) is 15.8. The minimum atomic E-state index is -0.123. The molecule has 0 unspecified atom stereocenters. The van der Waals surface area contributed by atoms with E-state index in [1.165, 1.54) is 5.69 Å². The highest BCUT2D eigenvalue weighted by atomic mass is 16.5. The quantitative estimate of drug-likeness (QED) is 0.704. The Bertz CT molecular complexity index is 924. The Labute approximate surface area is 159 Å². The number of para-hydroxylation sites is 1. The average Bonchev–Trinajstić information content (AvgIpc) is 3.17. The summed E-state index contributed by atoms with van der Waals surface area (Å²) >= 11 is 0. The van der Waals surface area contributed by atoms with Crippen LogP contribution < -0.4 is 9.64 Å². The SMILES string of the molecule is COc1ccc(N2CCN([C@H](C)C(=O)c3c[nH]c4ccccc34)CC2)cc1. The Morgan fingerprint density at radius 1 is 1.04 bits per heavy atom. The lowest BCUT2D eigenvalue weighted by atomic mass is 10.0. The van der Waals surface area contributed by atoms with Crippen LogP contribution >= 0.6 is 0 Å². The highest BCUT2D eigenvalue weighted by molar-refractivity contribution is 6.10. The first-order chi connectivity index (χ1) is 13.2. The van der Waals surface area contributed by atoms with Crippen molar-refractivity contribution in [2.75, 3.05) is 38.2 Å². The molecule has 0 amide bonds. The Hall–Kier alpha value is -2.79. The van der Waals surface area contributed by atoms with Gasteiger partial charge in [-0.25, -0.2) is 0 Å². The van der Waals surface area contributed by atoms with Gasteiger partial charge < -0.3 is 14.6 Å². The molecule has 5 nitrogen and oxygen atoms in total. The van der Waals surface area contributed by atoms with E-state index in [9.17, 15) is 4.79 Å². The van der Waals surface area contributed by atoms with Crippen molar-refractivity contribution < 1.29 is 9.53 Å². The number of piperazine rings is 1. The van der Waals surface area contributed by atoms with Crippen molar-refractivity contribution in [3.8, 4) is 5.75 Å². The summed E-state index contributed by atoms with van der Waals surface area (Å²) in [5.74, 6) is 1.06. The summed E-state index contributed by atoms with van der Waals surface area (Å²) < 4.78 is 5.23. The minimum Gasteiger partial charge on any atom is -0.497 e. The summed E-state index contributed by atoms with van der Waals surface area (Å²) in [5, 5.41) is 1.01. The lowest BCUT2D eigenvalue weighted by molar-refractivity contribution is 0.0831. The number of aromatic nitrogens is 1. The zero-order valence-electron chi connectivity index (χ0n) is 15.8. The number of carbonyl (C=O) groups excluding carboxylic acids is 1. The normalized spacial score (nSPS) is 16.4. The van der Waals surface area contributed by atoms with Crippen LogP contribution in [0.3, 0.4) is 0 Å². The van der Waals surface area contributed by atoms with Gasteiger partial charge in [-0.1, -0.05) is 18.2 Å². The van der Waals surface area contributed by atoms with E-state index in [4.69, 9.17) is 4.74 Å². The molecule has 0 bridgehead atoms. The number of nitrogens with zero attached hydrogens (tertiary/aromatic N) is 2. The van der Waals surface area contributed by atoms with Crippen LogP contribution in [0, 0.1) is 0 Å². The molecule has 1 N–H and O–H groups in total. The van der Waals surface area contributed by atoms with Gasteiger partial charge in [0.2, 0.25) is 0 Å². The van der Waals surface area contributed by atoms with Crippen molar-refractivity contribution in [1.29, 1.82) is 0 Å². The molecular weight excluding hydrogens is 338 g/mol. The molecule has 1 fully saturated rings.